The Hall–Kier alpha value is -3.68. The number of nitrogens with zero attached hydrogens (tertiary/aromatic N) is 3. The van der Waals surface area contributed by atoms with Gasteiger partial charge in [-0.1, -0.05) is 29.3 Å². The molecule has 0 fully saturated rings. The lowest BCUT2D eigenvalue weighted by molar-refractivity contribution is -0.118. The van der Waals surface area contributed by atoms with Crippen molar-refractivity contribution >= 4 is 46.4 Å². The molecule has 0 saturated carbocycles. The van der Waals surface area contributed by atoms with Crippen LogP contribution in [0.3, 0.4) is 0 Å². The van der Waals surface area contributed by atoms with Crippen LogP contribution >= 0.6 is 23.2 Å². The first-order valence-electron chi connectivity index (χ1n) is 9.97. The highest BCUT2D eigenvalue weighted by Crippen LogP contribution is 2.28. The van der Waals surface area contributed by atoms with Crippen LogP contribution in [0.1, 0.15) is 5.56 Å². The van der Waals surface area contributed by atoms with Crippen LogP contribution in [0.25, 0.3) is 11.3 Å². The molecule has 0 atom stereocenters. The average molecular weight is 480 g/mol. The molecule has 0 radical (unpaired) electrons. The van der Waals surface area contributed by atoms with Gasteiger partial charge in [0.25, 0.3) is 5.91 Å². The van der Waals surface area contributed by atoms with Crippen molar-refractivity contribution in [2.75, 3.05) is 17.2 Å². The quantitative estimate of drug-likeness (QED) is 0.342. The van der Waals surface area contributed by atoms with Gasteiger partial charge in [0.1, 0.15) is 5.75 Å². The molecule has 166 valence electrons. The van der Waals surface area contributed by atoms with Crippen molar-refractivity contribution in [1.29, 1.82) is 0 Å². The summed E-state index contributed by atoms with van der Waals surface area (Å²) < 4.78 is 5.52. The zero-order chi connectivity index (χ0) is 23.2. The summed E-state index contributed by atoms with van der Waals surface area (Å²) in [7, 11) is 0. The van der Waals surface area contributed by atoms with Gasteiger partial charge in [-0.2, -0.15) is 0 Å². The van der Waals surface area contributed by atoms with Crippen LogP contribution in [0.2, 0.25) is 10.0 Å². The van der Waals surface area contributed by atoms with Crippen molar-refractivity contribution in [2.45, 2.75) is 6.92 Å². The van der Waals surface area contributed by atoms with Crippen LogP contribution in [0, 0.1) is 6.92 Å². The molecule has 4 aromatic rings. The lowest BCUT2D eigenvalue weighted by Crippen LogP contribution is -2.20. The van der Waals surface area contributed by atoms with E-state index in [0.717, 1.165) is 16.8 Å². The SMILES string of the molecule is Cc1ccc(NC(=O)COc2ccc(Cl)c(Cl)c2)c(Nc2nccc(-c3cccnc3)n2)c1. The van der Waals surface area contributed by atoms with E-state index < -0.39 is 0 Å². The van der Waals surface area contributed by atoms with Gasteiger partial charge >= 0.3 is 0 Å². The number of hydrogen-bond donors (Lipinski definition) is 2. The molecule has 2 N–H and O–H groups in total. The van der Waals surface area contributed by atoms with Gasteiger partial charge in [0.15, 0.2) is 6.61 Å². The number of rotatable bonds is 7. The summed E-state index contributed by atoms with van der Waals surface area (Å²) in [6.45, 7) is 1.76. The van der Waals surface area contributed by atoms with Gasteiger partial charge in [-0.05, 0) is 55.0 Å². The number of amides is 1. The third-order valence-electron chi connectivity index (χ3n) is 4.57. The lowest BCUT2D eigenvalue weighted by atomic mass is 10.2. The topological polar surface area (TPSA) is 89.0 Å². The van der Waals surface area contributed by atoms with Gasteiger partial charge in [0.2, 0.25) is 5.95 Å². The molecule has 0 aliphatic rings. The number of halogens is 2. The molecular weight excluding hydrogens is 461 g/mol. The molecule has 2 heterocycles. The molecule has 0 saturated heterocycles. The van der Waals surface area contributed by atoms with Crippen molar-refractivity contribution in [2.24, 2.45) is 0 Å². The summed E-state index contributed by atoms with van der Waals surface area (Å²) in [4.78, 5) is 25.5. The van der Waals surface area contributed by atoms with Gasteiger partial charge in [-0.3, -0.25) is 9.78 Å². The summed E-state index contributed by atoms with van der Waals surface area (Å²) in [5, 5.41) is 6.81. The number of nitrogens with one attached hydrogen (secondary N) is 2. The van der Waals surface area contributed by atoms with Crippen molar-refractivity contribution in [3.05, 3.63) is 88.8 Å². The molecule has 0 aliphatic heterocycles. The monoisotopic (exact) mass is 479 g/mol. The molecule has 0 aliphatic carbocycles. The van der Waals surface area contributed by atoms with E-state index in [-0.39, 0.29) is 12.5 Å². The molecule has 9 heteroatoms. The third-order valence-corrected chi connectivity index (χ3v) is 5.31. The maximum absolute atomic E-state index is 12.5. The second-order valence-electron chi connectivity index (χ2n) is 7.09. The Labute approximate surface area is 200 Å². The number of carbonyl (C=O) groups excluding carboxylic acids is 1. The van der Waals surface area contributed by atoms with Gasteiger partial charge < -0.3 is 15.4 Å². The summed E-state index contributed by atoms with van der Waals surface area (Å²) >= 11 is 11.9. The Balaban J connectivity index is 1.47. The molecule has 4 rings (SSSR count). The minimum atomic E-state index is -0.335. The van der Waals surface area contributed by atoms with E-state index in [1.54, 1.807) is 42.9 Å². The maximum Gasteiger partial charge on any atom is 0.262 e. The predicted molar refractivity (Wildman–Crippen MR) is 130 cm³/mol. The van der Waals surface area contributed by atoms with Crippen LogP contribution < -0.4 is 15.4 Å². The summed E-state index contributed by atoms with van der Waals surface area (Å²) in [6.07, 6.45) is 5.10. The summed E-state index contributed by atoms with van der Waals surface area (Å²) in [5.41, 5.74) is 3.83. The van der Waals surface area contributed by atoms with Crippen LogP contribution in [0.15, 0.2) is 73.2 Å². The Morgan fingerprint density at radius 1 is 1.00 bits per heavy atom. The fourth-order valence-electron chi connectivity index (χ4n) is 2.99. The standard InChI is InChI=1S/C24H19Cl2N5O2/c1-15-4-7-21(29-23(32)14-33-17-5-6-18(25)19(26)12-17)22(11-15)31-24-28-10-8-20(30-24)16-3-2-9-27-13-16/h2-13H,14H2,1H3,(H,29,32)(H,28,30,31). The fourth-order valence-corrected chi connectivity index (χ4v) is 3.27. The molecule has 2 aromatic heterocycles. The number of anilines is 3. The molecule has 0 bridgehead atoms. The van der Waals surface area contributed by atoms with Crippen LogP contribution in [-0.4, -0.2) is 27.5 Å². The normalized spacial score (nSPS) is 10.5. The van der Waals surface area contributed by atoms with Gasteiger partial charge in [-0.25, -0.2) is 9.97 Å². The minimum Gasteiger partial charge on any atom is -0.484 e. The Morgan fingerprint density at radius 2 is 1.88 bits per heavy atom. The zero-order valence-electron chi connectivity index (χ0n) is 17.5. The Bertz CT molecular complexity index is 1290. The van der Waals surface area contributed by atoms with E-state index in [9.17, 15) is 4.79 Å². The average Bonchev–Trinajstić information content (AvgIpc) is 2.82. The van der Waals surface area contributed by atoms with E-state index in [4.69, 9.17) is 27.9 Å². The van der Waals surface area contributed by atoms with Crippen molar-refractivity contribution in [3.8, 4) is 17.0 Å². The number of carbonyl (C=O) groups is 1. The van der Waals surface area contributed by atoms with Gasteiger partial charge in [0.05, 0.1) is 27.1 Å². The second kappa shape index (κ2) is 10.3. The number of pyridine rings is 1. The van der Waals surface area contributed by atoms with E-state index in [1.165, 1.54) is 0 Å². The minimum absolute atomic E-state index is 0.196. The number of aromatic nitrogens is 3. The number of aryl methyl sites for hydroxylation is 1. The highest BCUT2D eigenvalue weighted by Gasteiger charge is 2.11. The molecule has 2 aromatic carbocycles. The first kappa shape index (κ1) is 22.5. The number of ether oxygens (including phenoxy) is 1. The first-order valence-corrected chi connectivity index (χ1v) is 10.7. The number of benzene rings is 2. The smallest absolute Gasteiger partial charge is 0.262 e. The predicted octanol–water partition coefficient (Wildman–Crippen LogP) is 5.91. The molecule has 0 spiro atoms. The van der Waals surface area contributed by atoms with Gasteiger partial charge in [0, 0.05) is 30.2 Å². The van der Waals surface area contributed by atoms with E-state index in [1.807, 2.05) is 37.3 Å². The van der Waals surface area contributed by atoms with E-state index in [0.29, 0.717) is 33.1 Å². The highest BCUT2D eigenvalue weighted by atomic mass is 35.5. The van der Waals surface area contributed by atoms with Gasteiger partial charge in [-0.15, -0.1) is 0 Å². The second-order valence-corrected chi connectivity index (χ2v) is 7.91. The first-order chi connectivity index (χ1) is 16.0. The largest absolute Gasteiger partial charge is 0.484 e. The highest BCUT2D eigenvalue weighted by molar-refractivity contribution is 6.42. The fraction of sp³-hybridized carbons (Fsp3) is 0.0833. The summed E-state index contributed by atoms with van der Waals surface area (Å²) in [5.74, 6) is 0.505. The molecule has 7 nitrogen and oxygen atoms in total. The van der Waals surface area contributed by atoms with Crippen LogP contribution in [0.4, 0.5) is 17.3 Å². The van der Waals surface area contributed by atoms with E-state index in [2.05, 4.69) is 25.6 Å². The molecular formula is C24H19Cl2N5O2. The Morgan fingerprint density at radius 3 is 2.67 bits per heavy atom. The molecule has 0 unspecified atom stereocenters. The molecule has 1 amide bonds. The third kappa shape index (κ3) is 5.97. The Kier molecular flexibility index (Phi) is 7.02. The zero-order valence-corrected chi connectivity index (χ0v) is 19.1. The van der Waals surface area contributed by atoms with Crippen molar-refractivity contribution in [3.63, 3.8) is 0 Å². The number of hydrogen-bond acceptors (Lipinski definition) is 6. The van der Waals surface area contributed by atoms with Crippen molar-refractivity contribution < 1.29 is 9.53 Å². The summed E-state index contributed by atoms with van der Waals surface area (Å²) in [6, 6.07) is 16.0. The van der Waals surface area contributed by atoms with Crippen molar-refractivity contribution in [1.82, 2.24) is 15.0 Å². The molecule has 33 heavy (non-hydrogen) atoms. The van der Waals surface area contributed by atoms with E-state index >= 15 is 0 Å². The van der Waals surface area contributed by atoms with Crippen LogP contribution in [-0.2, 0) is 4.79 Å². The lowest BCUT2D eigenvalue weighted by Gasteiger charge is -2.14. The maximum atomic E-state index is 12.5. The van der Waals surface area contributed by atoms with Crippen LogP contribution in [0.5, 0.6) is 5.75 Å².